The second-order valence-corrected chi connectivity index (χ2v) is 13.2. The molecule has 0 aromatic carbocycles. The summed E-state index contributed by atoms with van der Waals surface area (Å²) in [6.07, 6.45) is 24.6. The van der Waals surface area contributed by atoms with Crippen LogP contribution in [0.3, 0.4) is 0 Å². The van der Waals surface area contributed by atoms with Gasteiger partial charge in [0, 0.05) is 24.6 Å². The molecular weight excluding hydrogens is 537 g/mol. The Labute approximate surface area is 241 Å². The second-order valence-electron chi connectivity index (χ2n) is 10.9. The van der Waals surface area contributed by atoms with Crippen LogP contribution < -0.4 is 5.11 Å². The van der Waals surface area contributed by atoms with E-state index in [0.29, 0.717) is 19.8 Å². The Bertz CT molecular complexity index is 773. The molecule has 1 fully saturated rings. The van der Waals surface area contributed by atoms with Gasteiger partial charge in [0.25, 0.3) is 0 Å². The van der Waals surface area contributed by atoms with Crippen LogP contribution in [0.15, 0.2) is 11.6 Å². The zero-order valence-corrected chi connectivity index (χ0v) is 26.0. The van der Waals surface area contributed by atoms with Gasteiger partial charge in [-0.1, -0.05) is 103 Å². The number of ether oxygens (including phenoxy) is 2. The van der Waals surface area contributed by atoms with Gasteiger partial charge in [-0.05, 0) is 19.3 Å². The van der Waals surface area contributed by atoms with Crippen molar-refractivity contribution in [3.05, 3.63) is 11.6 Å². The third-order valence-electron chi connectivity index (χ3n) is 7.41. The first-order chi connectivity index (χ1) is 19.0. The lowest BCUT2D eigenvalue weighted by atomic mass is 10.0. The lowest BCUT2D eigenvalue weighted by Gasteiger charge is -2.28. The number of phosphoric acid groups is 1. The summed E-state index contributed by atoms with van der Waals surface area (Å²) in [5.41, 5.74) is -0.707. The summed E-state index contributed by atoms with van der Waals surface area (Å²) in [6.45, 7) is 3.91. The number of phosphoric ester groups is 1. The molecule has 1 N–H and O–H groups in total. The van der Waals surface area contributed by atoms with E-state index in [4.69, 9.17) is 18.5 Å². The minimum absolute atomic E-state index is 0.0574. The quantitative estimate of drug-likeness (QED) is 0.0664. The number of thiazole rings is 1. The van der Waals surface area contributed by atoms with Crippen LogP contribution in [0.1, 0.15) is 122 Å². The van der Waals surface area contributed by atoms with Crippen molar-refractivity contribution in [2.24, 2.45) is 0 Å². The molecule has 1 aliphatic heterocycles. The average Bonchev–Trinajstić information content (AvgIpc) is 3.56. The fraction of sp³-hybridized carbons (Fsp3) is 0.897. The van der Waals surface area contributed by atoms with E-state index >= 15 is 0 Å². The summed E-state index contributed by atoms with van der Waals surface area (Å²) in [7, 11) is -4.25. The zero-order valence-electron chi connectivity index (χ0n) is 24.3. The van der Waals surface area contributed by atoms with Crippen molar-refractivity contribution >= 4 is 19.2 Å². The van der Waals surface area contributed by atoms with Gasteiger partial charge in [-0.3, -0.25) is 9.05 Å². The van der Waals surface area contributed by atoms with Gasteiger partial charge >= 0.3 is 7.82 Å². The van der Waals surface area contributed by atoms with E-state index in [1.54, 1.807) is 11.6 Å². The molecule has 2 heterocycles. The van der Waals surface area contributed by atoms with Crippen LogP contribution in [0.25, 0.3) is 0 Å². The van der Waals surface area contributed by atoms with Crippen molar-refractivity contribution in [3.8, 4) is 5.19 Å². The van der Waals surface area contributed by atoms with E-state index in [0.717, 1.165) is 37.0 Å². The molecule has 0 saturated carbocycles. The fourth-order valence-electron chi connectivity index (χ4n) is 4.98. The van der Waals surface area contributed by atoms with Crippen molar-refractivity contribution in [1.29, 1.82) is 0 Å². The highest BCUT2D eigenvalue weighted by molar-refractivity contribution is 7.47. The molecule has 39 heavy (non-hydrogen) atoms. The highest BCUT2D eigenvalue weighted by atomic mass is 32.1. The van der Waals surface area contributed by atoms with Crippen molar-refractivity contribution in [2.75, 3.05) is 33.0 Å². The molecule has 1 aliphatic rings. The summed E-state index contributed by atoms with van der Waals surface area (Å²) >= 11 is 1.07. The van der Waals surface area contributed by atoms with Crippen LogP contribution in [-0.4, -0.2) is 48.1 Å². The zero-order chi connectivity index (χ0) is 28.1. The summed E-state index contributed by atoms with van der Waals surface area (Å²) in [5, 5.41) is 13.1. The first-order valence-corrected chi connectivity index (χ1v) is 17.8. The third-order valence-corrected chi connectivity index (χ3v) is 9.07. The SMILES string of the molecule is CCCCCCCCCCCCCCCCCCOCC1(COP(=O)(O)OCCn2ccs[c+]2[O-])CCCO1. The van der Waals surface area contributed by atoms with Gasteiger partial charge in [-0.25, -0.2) is 9.13 Å². The Balaban J connectivity index is 1.43. The Hall–Kier alpha value is -0.540. The molecule has 8 nitrogen and oxygen atoms in total. The summed E-state index contributed by atoms with van der Waals surface area (Å²) in [4.78, 5) is 10.0. The molecule has 2 unspecified atom stereocenters. The van der Waals surface area contributed by atoms with Crippen LogP contribution in [-0.2, 0) is 29.6 Å². The van der Waals surface area contributed by atoms with Gasteiger partial charge in [0.2, 0.25) is 0 Å². The average molecular weight is 592 g/mol. The molecule has 2 atom stereocenters. The van der Waals surface area contributed by atoms with E-state index in [9.17, 15) is 14.6 Å². The minimum atomic E-state index is -4.25. The van der Waals surface area contributed by atoms with E-state index in [1.807, 2.05) is 0 Å². The lowest BCUT2D eigenvalue weighted by Crippen LogP contribution is -2.39. The van der Waals surface area contributed by atoms with Gasteiger partial charge in [0.1, 0.15) is 10.8 Å². The maximum atomic E-state index is 12.3. The largest absolute Gasteiger partial charge is 0.793 e. The Kier molecular flexibility index (Phi) is 18.8. The Morgan fingerprint density at radius 2 is 1.51 bits per heavy atom. The highest BCUT2D eigenvalue weighted by Crippen LogP contribution is 2.45. The third kappa shape index (κ3) is 16.5. The van der Waals surface area contributed by atoms with Crippen LogP contribution in [0.2, 0.25) is 0 Å². The summed E-state index contributed by atoms with van der Waals surface area (Å²) in [6, 6.07) is 0. The molecule has 1 aromatic heterocycles. The van der Waals surface area contributed by atoms with E-state index in [2.05, 4.69) is 6.92 Å². The van der Waals surface area contributed by atoms with E-state index < -0.39 is 13.4 Å². The van der Waals surface area contributed by atoms with Crippen molar-refractivity contribution in [1.82, 2.24) is 4.57 Å². The van der Waals surface area contributed by atoms with Crippen molar-refractivity contribution in [3.63, 3.8) is 0 Å². The maximum Gasteiger partial charge on any atom is 0.472 e. The molecule has 0 amide bonds. The molecule has 0 aliphatic carbocycles. The maximum absolute atomic E-state index is 12.3. The van der Waals surface area contributed by atoms with Crippen molar-refractivity contribution < 1.29 is 33.1 Å². The Morgan fingerprint density at radius 1 is 0.923 bits per heavy atom. The molecule has 228 valence electrons. The predicted octanol–water partition coefficient (Wildman–Crippen LogP) is 7.87. The monoisotopic (exact) mass is 591 g/mol. The predicted molar refractivity (Wildman–Crippen MR) is 156 cm³/mol. The van der Waals surface area contributed by atoms with Gasteiger partial charge in [-0.2, -0.15) is 0 Å². The minimum Gasteiger partial charge on any atom is -0.793 e. The van der Waals surface area contributed by atoms with Crippen LogP contribution in [0, 0.1) is 0 Å². The van der Waals surface area contributed by atoms with Gasteiger partial charge in [-0.15, -0.1) is 0 Å². The second kappa shape index (κ2) is 21.2. The van der Waals surface area contributed by atoms with E-state index in [-0.39, 0.29) is 25.0 Å². The number of rotatable bonds is 26. The van der Waals surface area contributed by atoms with E-state index in [1.165, 1.54) is 94.5 Å². The first kappa shape index (κ1) is 34.7. The smallest absolute Gasteiger partial charge is 0.472 e. The summed E-state index contributed by atoms with van der Waals surface area (Å²) in [5.74, 6) is 0. The molecule has 0 bridgehead atoms. The molecule has 1 aromatic rings. The van der Waals surface area contributed by atoms with Crippen LogP contribution >= 0.6 is 19.2 Å². The number of aromatic nitrogens is 1. The molecule has 0 spiro atoms. The standard InChI is InChI=1S/C29H54NO7PS/c1-2-3-4-5-6-7-8-9-10-11-12-13-14-15-16-17-22-34-26-29(19-18-23-35-29)27-37-38(32,33)36-24-20-30-21-25-39-28(30)31/h21,25H,2-20,22-24,26-27H2,1H3,(H,32,33). The molecule has 2 rings (SSSR count). The topological polar surface area (TPSA) is 102 Å². The van der Waals surface area contributed by atoms with Crippen molar-refractivity contribution in [2.45, 2.75) is 135 Å². The summed E-state index contributed by atoms with van der Waals surface area (Å²) < 4.78 is 35.8. The van der Waals surface area contributed by atoms with Crippen LogP contribution in [0.5, 0.6) is 5.19 Å². The fourth-order valence-corrected chi connectivity index (χ4v) is 6.38. The van der Waals surface area contributed by atoms with Crippen LogP contribution in [0.4, 0.5) is 0 Å². The molecule has 10 heteroatoms. The number of unbranched alkanes of at least 4 members (excludes halogenated alkanes) is 15. The molecule has 1 saturated heterocycles. The Morgan fingerprint density at radius 3 is 2.03 bits per heavy atom. The lowest BCUT2D eigenvalue weighted by molar-refractivity contribution is -0.272. The van der Waals surface area contributed by atoms with Gasteiger partial charge in [0.15, 0.2) is 11.6 Å². The number of hydrogen-bond donors (Lipinski definition) is 1. The number of hydrogen-bond acceptors (Lipinski definition) is 7. The number of nitrogens with zero attached hydrogens (tertiary/aromatic N) is 1. The normalized spacial score (nSPS) is 19.0. The first-order valence-electron chi connectivity index (χ1n) is 15.4. The molecular formula is C29H54NO7PS. The van der Waals surface area contributed by atoms with Gasteiger partial charge < -0.3 is 19.5 Å². The molecule has 0 radical (unpaired) electrons. The highest BCUT2D eigenvalue weighted by Gasteiger charge is 2.38. The van der Waals surface area contributed by atoms with Gasteiger partial charge in [0.05, 0.1) is 26.4 Å².